The van der Waals surface area contributed by atoms with Crippen LogP contribution in [0.3, 0.4) is 0 Å². The van der Waals surface area contributed by atoms with E-state index >= 15 is 0 Å². The molecule has 0 spiro atoms. The summed E-state index contributed by atoms with van der Waals surface area (Å²) >= 11 is 0. The zero-order chi connectivity index (χ0) is 12.0. The Morgan fingerprint density at radius 1 is 1.50 bits per heavy atom. The number of ether oxygens (including phenoxy) is 1. The molecule has 0 unspecified atom stereocenters. The number of nitrogens with zero attached hydrogens (tertiary/aromatic N) is 3. The van der Waals surface area contributed by atoms with E-state index in [4.69, 9.17) is 4.74 Å². The Balaban J connectivity index is 2.67. The molecule has 0 aromatic carbocycles. The molecule has 0 bridgehead atoms. The monoisotopic (exact) mass is 224 g/mol. The largest absolute Gasteiger partial charge is 0.383 e. The van der Waals surface area contributed by atoms with Crippen molar-refractivity contribution in [2.45, 2.75) is 19.9 Å². The first kappa shape index (κ1) is 12.7. The number of rotatable bonds is 6. The first-order chi connectivity index (χ1) is 7.67. The first-order valence-corrected chi connectivity index (χ1v) is 5.46. The van der Waals surface area contributed by atoms with Crippen LogP contribution < -0.4 is 10.2 Å². The van der Waals surface area contributed by atoms with Crippen molar-refractivity contribution in [1.29, 1.82) is 0 Å². The summed E-state index contributed by atoms with van der Waals surface area (Å²) in [5.74, 6) is 1.75. The minimum Gasteiger partial charge on any atom is -0.383 e. The van der Waals surface area contributed by atoms with Crippen molar-refractivity contribution in [3.05, 3.63) is 12.4 Å². The van der Waals surface area contributed by atoms with Crippen molar-refractivity contribution < 1.29 is 4.74 Å². The van der Waals surface area contributed by atoms with Gasteiger partial charge in [-0.2, -0.15) is 0 Å². The van der Waals surface area contributed by atoms with Crippen LogP contribution in [0.5, 0.6) is 0 Å². The van der Waals surface area contributed by atoms with E-state index in [0.29, 0.717) is 6.61 Å². The van der Waals surface area contributed by atoms with Gasteiger partial charge in [0, 0.05) is 32.8 Å². The SMILES string of the molecule is CCN(C)c1cc(N[C@H](C)COC)ncn1. The average molecular weight is 224 g/mol. The fourth-order valence-electron chi connectivity index (χ4n) is 1.34. The van der Waals surface area contributed by atoms with Gasteiger partial charge in [0.1, 0.15) is 18.0 Å². The minimum absolute atomic E-state index is 0.236. The predicted octanol–water partition coefficient (Wildman–Crippen LogP) is 1.38. The lowest BCUT2D eigenvalue weighted by atomic mass is 10.3. The molecular weight excluding hydrogens is 204 g/mol. The second-order valence-electron chi connectivity index (χ2n) is 3.78. The summed E-state index contributed by atoms with van der Waals surface area (Å²) in [5.41, 5.74) is 0. The molecule has 1 N–H and O–H groups in total. The molecule has 90 valence electrons. The highest BCUT2D eigenvalue weighted by Gasteiger charge is 2.05. The maximum absolute atomic E-state index is 5.06. The average Bonchev–Trinajstić information content (AvgIpc) is 2.28. The van der Waals surface area contributed by atoms with Gasteiger partial charge in [0.05, 0.1) is 6.61 Å². The van der Waals surface area contributed by atoms with Crippen molar-refractivity contribution in [1.82, 2.24) is 9.97 Å². The Labute approximate surface area is 96.8 Å². The molecule has 0 radical (unpaired) electrons. The smallest absolute Gasteiger partial charge is 0.133 e. The fraction of sp³-hybridized carbons (Fsp3) is 0.636. The molecule has 1 atom stereocenters. The summed E-state index contributed by atoms with van der Waals surface area (Å²) in [6.45, 7) is 5.71. The van der Waals surface area contributed by atoms with Crippen molar-refractivity contribution in [3.63, 3.8) is 0 Å². The summed E-state index contributed by atoms with van der Waals surface area (Å²) in [6, 6.07) is 2.18. The third-order valence-electron chi connectivity index (χ3n) is 2.33. The van der Waals surface area contributed by atoms with E-state index in [9.17, 15) is 0 Å². The highest BCUT2D eigenvalue weighted by molar-refractivity contribution is 5.48. The van der Waals surface area contributed by atoms with Crippen LogP contribution in [0, 0.1) is 0 Å². The van der Waals surface area contributed by atoms with Gasteiger partial charge >= 0.3 is 0 Å². The lowest BCUT2D eigenvalue weighted by molar-refractivity contribution is 0.190. The zero-order valence-electron chi connectivity index (χ0n) is 10.4. The summed E-state index contributed by atoms with van der Waals surface area (Å²) in [5, 5.41) is 3.26. The highest BCUT2D eigenvalue weighted by atomic mass is 16.5. The number of methoxy groups -OCH3 is 1. The molecular formula is C11H20N4O. The van der Waals surface area contributed by atoms with E-state index in [1.165, 1.54) is 0 Å². The van der Waals surface area contributed by atoms with E-state index in [-0.39, 0.29) is 6.04 Å². The Morgan fingerprint density at radius 2 is 2.25 bits per heavy atom. The van der Waals surface area contributed by atoms with E-state index in [2.05, 4.69) is 34.0 Å². The molecule has 0 aliphatic carbocycles. The highest BCUT2D eigenvalue weighted by Crippen LogP contribution is 2.12. The molecule has 1 rings (SSSR count). The third-order valence-corrected chi connectivity index (χ3v) is 2.33. The molecule has 16 heavy (non-hydrogen) atoms. The quantitative estimate of drug-likeness (QED) is 0.791. The second kappa shape index (κ2) is 6.27. The van der Waals surface area contributed by atoms with Crippen LogP contribution in [-0.4, -0.2) is 43.3 Å². The standard InChI is InChI=1S/C11H20N4O/c1-5-15(3)11-6-10(12-8-13-11)14-9(2)7-16-4/h6,8-9H,5,7H2,1-4H3,(H,12,13,14)/t9-/m1/s1. The third kappa shape index (κ3) is 3.66. The molecule has 1 aromatic heterocycles. The topological polar surface area (TPSA) is 50.3 Å². The second-order valence-corrected chi connectivity index (χ2v) is 3.78. The van der Waals surface area contributed by atoms with Crippen LogP contribution in [-0.2, 0) is 4.74 Å². The number of nitrogens with one attached hydrogen (secondary N) is 1. The molecule has 0 amide bonds. The zero-order valence-corrected chi connectivity index (χ0v) is 10.4. The van der Waals surface area contributed by atoms with Crippen LogP contribution in [0.2, 0.25) is 0 Å². The van der Waals surface area contributed by atoms with Crippen LogP contribution in [0.4, 0.5) is 11.6 Å². The van der Waals surface area contributed by atoms with Crippen LogP contribution in [0.15, 0.2) is 12.4 Å². The fourth-order valence-corrected chi connectivity index (χ4v) is 1.34. The van der Waals surface area contributed by atoms with Gasteiger partial charge in [0.15, 0.2) is 0 Å². The van der Waals surface area contributed by atoms with Gasteiger partial charge in [0.25, 0.3) is 0 Å². The minimum atomic E-state index is 0.236. The number of hydrogen-bond donors (Lipinski definition) is 1. The summed E-state index contributed by atoms with van der Waals surface area (Å²) < 4.78 is 5.06. The van der Waals surface area contributed by atoms with Gasteiger partial charge in [-0.15, -0.1) is 0 Å². The first-order valence-electron chi connectivity index (χ1n) is 5.46. The van der Waals surface area contributed by atoms with Crippen LogP contribution in [0.1, 0.15) is 13.8 Å². The maximum Gasteiger partial charge on any atom is 0.133 e. The number of aromatic nitrogens is 2. The Bertz CT molecular complexity index is 319. The van der Waals surface area contributed by atoms with Gasteiger partial charge in [0.2, 0.25) is 0 Å². The number of hydrogen-bond acceptors (Lipinski definition) is 5. The van der Waals surface area contributed by atoms with E-state index in [1.54, 1.807) is 13.4 Å². The molecule has 5 heteroatoms. The molecule has 5 nitrogen and oxygen atoms in total. The lowest BCUT2D eigenvalue weighted by Crippen LogP contribution is -2.22. The van der Waals surface area contributed by atoms with Gasteiger partial charge in [-0.05, 0) is 13.8 Å². The Morgan fingerprint density at radius 3 is 2.88 bits per heavy atom. The summed E-state index contributed by atoms with van der Waals surface area (Å²) in [4.78, 5) is 10.4. The maximum atomic E-state index is 5.06. The molecule has 0 aliphatic rings. The molecule has 0 aliphatic heterocycles. The molecule has 0 fully saturated rings. The van der Waals surface area contributed by atoms with Gasteiger partial charge < -0.3 is 15.0 Å². The molecule has 1 heterocycles. The van der Waals surface area contributed by atoms with Crippen LogP contribution in [0.25, 0.3) is 0 Å². The Hall–Kier alpha value is -1.36. The van der Waals surface area contributed by atoms with Crippen molar-refractivity contribution in [3.8, 4) is 0 Å². The van der Waals surface area contributed by atoms with Crippen molar-refractivity contribution in [2.75, 3.05) is 37.5 Å². The predicted molar refractivity (Wildman–Crippen MR) is 65.9 cm³/mol. The lowest BCUT2D eigenvalue weighted by Gasteiger charge is -2.17. The van der Waals surface area contributed by atoms with E-state index < -0.39 is 0 Å². The van der Waals surface area contributed by atoms with Crippen LogP contribution >= 0.6 is 0 Å². The molecule has 0 saturated carbocycles. The van der Waals surface area contributed by atoms with Crippen molar-refractivity contribution in [2.24, 2.45) is 0 Å². The number of anilines is 2. The van der Waals surface area contributed by atoms with Gasteiger partial charge in [-0.1, -0.05) is 0 Å². The summed E-state index contributed by atoms with van der Waals surface area (Å²) in [7, 11) is 3.69. The molecule has 0 saturated heterocycles. The van der Waals surface area contributed by atoms with Crippen molar-refractivity contribution >= 4 is 11.6 Å². The Kier molecular flexibility index (Phi) is 4.98. The van der Waals surface area contributed by atoms with Gasteiger partial charge in [-0.25, -0.2) is 9.97 Å². The van der Waals surface area contributed by atoms with E-state index in [0.717, 1.165) is 18.2 Å². The molecule has 1 aromatic rings. The van der Waals surface area contributed by atoms with Gasteiger partial charge in [-0.3, -0.25) is 0 Å². The van der Waals surface area contributed by atoms with E-state index in [1.807, 2.05) is 13.1 Å². The normalized spacial score (nSPS) is 12.2. The summed E-state index contributed by atoms with van der Waals surface area (Å²) in [6.07, 6.45) is 1.57.